The van der Waals surface area contributed by atoms with E-state index < -0.39 is 16.1 Å². The molecule has 0 unspecified atom stereocenters. The highest BCUT2D eigenvalue weighted by molar-refractivity contribution is 7.92. The first-order valence-electron chi connectivity index (χ1n) is 13.1. The number of hydrogen-bond acceptors (Lipinski definition) is 5. The van der Waals surface area contributed by atoms with Crippen LogP contribution in [0.2, 0.25) is 0 Å². The number of ether oxygens (including phenoxy) is 1. The molecule has 208 valence electrons. The van der Waals surface area contributed by atoms with Crippen LogP contribution in [0.15, 0.2) is 48.5 Å². The standard InChI is InChI=1S/C28H38FN3O5S/c1-4-26(28(34)30-23-8-5-6-9-23)31(20-21-11-13-22(29)14-12-21)27(33)10-7-19-32(38(3,35)36)24-15-17-25(37-2)18-16-24/h11-18,23,26H,4-10,19-20H2,1-3H3,(H,30,34)/t26-/m0/s1. The summed E-state index contributed by atoms with van der Waals surface area (Å²) in [5.41, 5.74) is 1.19. The van der Waals surface area contributed by atoms with Crippen LogP contribution in [-0.2, 0) is 26.2 Å². The molecule has 0 saturated heterocycles. The molecule has 1 atom stereocenters. The van der Waals surface area contributed by atoms with Crippen LogP contribution in [0.5, 0.6) is 5.75 Å². The molecule has 1 saturated carbocycles. The van der Waals surface area contributed by atoms with Crippen molar-refractivity contribution < 1.29 is 27.1 Å². The summed E-state index contributed by atoms with van der Waals surface area (Å²) in [6, 6.07) is 12.0. The van der Waals surface area contributed by atoms with Gasteiger partial charge in [-0.3, -0.25) is 13.9 Å². The molecule has 0 bridgehead atoms. The molecule has 0 radical (unpaired) electrons. The van der Waals surface area contributed by atoms with Gasteiger partial charge < -0.3 is 15.0 Å². The van der Waals surface area contributed by atoms with Gasteiger partial charge in [0, 0.05) is 25.6 Å². The molecule has 0 spiro atoms. The lowest BCUT2D eigenvalue weighted by Crippen LogP contribution is -2.51. The van der Waals surface area contributed by atoms with E-state index in [1.807, 2.05) is 6.92 Å². The Kier molecular flexibility index (Phi) is 10.5. The Balaban J connectivity index is 1.74. The maximum absolute atomic E-state index is 13.5. The Bertz CT molecular complexity index is 1170. The lowest BCUT2D eigenvalue weighted by molar-refractivity contribution is -0.141. The first-order valence-corrected chi connectivity index (χ1v) is 14.9. The molecule has 2 aromatic rings. The van der Waals surface area contributed by atoms with Gasteiger partial charge in [-0.05, 0) is 67.6 Å². The summed E-state index contributed by atoms with van der Waals surface area (Å²) < 4.78 is 44.9. The van der Waals surface area contributed by atoms with Gasteiger partial charge in [0.05, 0.1) is 19.1 Å². The fourth-order valence-electron chi connectivity index (χ4n) is 4.83. The molecule has 3 rings (SSSR count). The lowest BCUT2D eigenvalue weighted by Gasteiger charge is -2.32. The Morgan fingerprint density at radius 2 is 1.71 bits per heavy atom. The Morgan fingerprint density at radius 1 is 1.08 bits per heavy atom. The van der Waals surface area contributed by atoms with Crippen molar-refractivity contribution in [2.75, 3.05) is 24.2 Å². The van der Waals surface area contributed by atoms with Gasteiger partial charge in [0.15, 0.2) is 0 Å². The van der Waals surface area contributed by atoms with E-state index in [9.17, 15) is 22.4 Å². The minimum Gasteiger partial charge on any atom is -0.497 e. The second-order valence-electron chi connectivity index (χ2n) is 9.70. The molecular weight excluding hydrogens is 509 g/mol. The predicted molar refractivity (Wildman–Crippen MR) is 146 cm³/mol. The van der Waals surface area contributed by atoms with Crippen molar-refractivity contribution in [1.82, 2.24) is 10.2 Å². The number of carbonyl (C=O) groups excluding carboxylic acids is 2. The molecule has 1 aliphatic carbocycles. The minimum atomic E-state index is -3.59. The van der Waals surface area contributed by atoms with Crippen molar-refractivity contribution in [3.63, 3.8) is 0 Å². The molecule has 0 aromatic heterocycles. The number of nitrogens with one attached hydrogen (secondary N) is 1. The SMILES string of the molecule is CC[C@@H](C(=O)NC1CCCC1)N(Cc1ccc(F)cc1)C(=O)CCCN(c1ccc(OC)cc1)S(C)(=O)=O. The second-order valence-corrected chi connectivity index (χ2v) is 11.6. The third-order valence-electron chi connectivity index (χ3n) is 6.87. The Hall–Kier alpha value is -3.14. The number of anilines is 1. The van der Waals surface area contributed by atoms with Crippen molar-refractivity contribution >= 4 is 27.5 Å². The smallest absolute Gasteiger partial charge is 0.243 e. The number of benzene rings is 2. The van der Waals surface area contributed by atoms with Crippen molar-refractivity contribution in [2.24, 2.45) is 0 Å². The monoisotopic (exact) mass is 547 g/mol. The average molecular weight is 548 g/mol. The van der Waals surface area contributed by atoms with Crippen LogP contribution in [0, 0.1) is 5.82 Å². The summed E-state index contributed by atoms with van der Waals surface area (Å²) in [6.07, 6.45) is 5.87. The highest BCUT2D eigenvalue weighted by Gasteiger charge is 2.30. The number of carbonyl (C=O) groups is 2. The maximum Gasteiger partial charge on any atom is 0.243 e. The highest BCUT2D eigenvalue weighted by Crippen LogP contribution is 2.23. The van der Waals surface area contributed by atoms with E-state index in [-0.39, 0.29) is 49.6 Å². The number of hydrogen-bond donors (Lipinski definition) is 1. The van der Waals surface area contributed by atoms with Gasteiger partial charge in [-0.2, -0.15) is 0 Å². The van der Waals surface area contributed by atoms with Crippen molar-refractivity contribution in [1.29, 1.82) is 0 Å². The molecule has 1 fully saturated rings. The first kappa shape index (κ1) is 29.4. The largest absolute Gasteiger partial charge is 0.497 e. The van der Waals surface area contributed by atoms with E-state index in [0.29, 0.717) is 23.4 Å². The van der Waals surface area contributed by atoms with Gasteiger partial charge in [0.2, 0.25) is 21.8 Å². The van der Waals surface area contributed by atoms with Gasteiger partial charge >= 0.3 is 0 Å². The summed E-state index contributed by atoms with van der Waals surface area (Å²) >= 11 is 0. The van der Waals surface area contributed by atoms with Crippen LogP contribution in [0.3, 0.4) is 0 Å². The zero-order valence-electron chi connectivity index (χ0n) is 22.4. The van der Waals surface area contributed by atoms with E-state index in [1.54, 1.807) is 36.4 Å². The topological polar surface area (TPSA) is 96.0 Å². The molecule has 1 aliphatic rings. The van der Waals surface area contributed by atoms with E-state index in [0.717, 1.165) is 31.9 Å². The molecule has 2 amide bonds. The van der Waals surface area contributed by atoms with Crippen LogP contribution in [0.1, 0.15) is 57.4 Å². The molecule has 10 heteroatoms. The lowest BCUT2D eigenvalue weighted by atomic mass is 10.1. The predicted octanol–water partition coefficient (Wildman–Crippen LogP) is 4.25. The fourth-order valence-corrected chi connectivity index (χ4v) is 5.79. The molecule has 1 N–H and O–H groups in total. The van der Waals surface area contributed by atoms with Crippen LogP contribution < -0.4 is 14.4 Å². The summed E-state index contributed by atoms with van der Waals surface area (Å²) in [4.78, 5) is 28.2. The number of sulfonamides is 1. The number of amides is 2. The first-order chi connectivity index (χ1) is 18.1. The van der Waals surface area contributed by atoms with Crippen LogP contribution >= 0.6 is 0 Å². The number of nitrogens with zero attached hydrogens (tertiary/aromatic N) is 2. The molecule has 2 aromatic carbocycles. The average Bonchev–Trinajstić information content (AvgIpc) is 3.40. The van der Waals surface area contributed by atoms with Crippen LogP contribution in [0.25, 0.3) is 0 Å². The normalized spacial score (nSPS) is 14.6. The Labute approximate surface area is 225 Å². The van der Waals surface area contributed by atoms with Crippen molar-refractivity contribution in [3.05, 3.63) is 59.9 Å². The maximum atomic E-state index is 13.5. The summed E-state index contributed by atoms with van der Waals surface area (Å²) in [5.74, 6) is -0.218. The van der Waals surface area contributed by atoms with Crippen LogP contribution in [0.4, 0.5) is 10.1 Å². The zero-order chi connectivity index (χ0) is 27.7. The third kappa shape index (κ3) is 8.18. The van der Waals surface area contributed by atoms with Gasteiger partial charge in [-0.15, -0.1) is 0 Å². The minimum absolute atomic E-state index is 0.0522. The highest BCUT2D eigenvalue weighted by atomic mass is 32.2. The van der Waals surface area contributed by atoms with E-state index in [1.165, 1.54) is 28.4 Å². The molecule has 8 nitrogen and oxygen atoms in total. The fraction of sp³-hybridized carbons (Fsp3) is 0.500. The van der Waals surface area contributed by atoms with Gasteiger partial charge in [-0.1, -0.05) is 31.9 Å². The Morgan fingerprint density at radius 3 is 2.26 bits per heavy atom. The summed E-state index contributed by atoms with van der Waals surface area (Å²) in [6.45, 7) is 2.12. The number of rotatable bonds is 13. The zero-order valence-corrected chi connectivity index (χ0v) is 23.2. The number of methoxy groups -OCH3 is 1. The quantitative estimate of drug-likeness (QED) is 0.405. The van der Waals surface area contributed by atoms with E-state index in [2.05, 4.69) is 5.32 Å². The second kappa shape index (κ2) is 13.6. The van der Waals surface area contributed by atoms with Gasteiger partial charge in [0.1, 0.15) is 17.6 Å². The molecule has 38 heavy (non-hydrogen) atoms. The molecule has 0 heterocycles. The van der Waals surface area contributed by atoms with Crippen molar-refractivity contribution in [2.45, 2.75) is 70.5 Å². The summed E-state index contributed by atoms with van der Waals surface area (Å²) in [5, 5.41) is 3.09. The molecular formula is C28H38FN3O5S. The molecule has 0 aliphatic heterocycles. The summed E-state index contributed by atoms with van der Waals surface area (Å²) in [7, 11) is -2.06. The van der Waals surface area contributed by atoms with E-state index in [4.69, 9.17) is 4.74 Å². The van der Waals surface area contributed by atoms with Crippen molar-refractivity contribution in [3.8, 4) is 5.75 Å². The third-order valence-corrected chi connectivity index (χ3v) is 8.06. The number of halogens is 1. The van der Waals surface area contributed by atoms with Crippen LogP contribution in [-0.4, -0.2) is 57.1 Å². The van der Waals surface area contributed by atoms with Gasteiger partial charge in [0.25, 0.3) is 0 Å². The van der Waals surface area contributed by atoms with Gasteiger partial charge in [-0.25, -0.2) is 12.8 Å². The van der Waals surface area contributed by atoms with E-state index >= 15 is 0 Å².